The van der Waals surface area contributed by atoms with Crippen LogP contribution in [0.2, 0.25) is 5.02 Å². The van der Waals surface area contributed by atoms with Gasteiger partial charge in [-0.3, -0.25) is 4.79 Å². The van der Waals surface area contributed by atoms with E-state index in [9.17, 15) is 13.6 Å². The zero-order valence-electron chi connectivity index (χ0n) is 14.2. The van der Waals surface area contributed by atoms with Crippen molar-refractivity contribution < 1.29 is 8.78 Å². The van der Waals surface area contributed by atoms with Crippen LogP contribution in [0.4, 0.5) is 14.5 Å². The Bertz CT molecular complexity index is 1030. The van der Waals surface area contributed by atoms with Crippen LogP contribution in [-0.2, 0) is 19.5 Å². The predicted octanol–water partition coefficient (Wildman–Crippen LogP) is 3.17. The van der Waals surface area contributed by atoms with Crippen LogP contribution in [-0.4, -0.2) is 26.3 Å². The van der Waals surface area contributed by atoms with Crippen LogP contribution in [0.5, 0.6) is 0 Å². The third kappa shape index (κ3) is 3.32. The standard InChI is InChI=1S/C18H16ClF2N5O/c19-16-14(7-23-24-18(16)27)25-6-5-13-15(9-25)26(10-22-13)8-11-3-1-2-4-12(11)17(20)21/h1-4,7,10,17H,5-6,8-9H2,(H,24,27). The van der Waals surface area contributed by atoms with Crippen molar-refractivity contribution in [3.05, 3.63) is 74.7 Å². The number of halogens is 3. The first kappa shape index (κ1) is 17.7. The molecule has 2 aromatic heterocycles. The first-order valence-electron chi connectivity index (χ1n) is 8.41. The Labute approximate surface area is 158 Å². The molecule has 0 fully saturated rings. The van der Waals surface area contributed by atoms with Gasteiger partial charge in [-0.15, -0.1) is 0 Å². The van der Waals surface area contributed by atoms with Crippen molar-refractivity contribution in [2.24, 2.45) is 0 Å². The molecular weight excluding hydrogens is 376 g/mol. The van der Waals surface area contributed by atoms with Gasteiger partial charge in [0.15, 0.2) is 0 Å². The third-order valence-corrected chi connectivity index (χ3v) is 5.11. The Morgan fingerprint density at radius 2 is 2.11 bits per heavy atom. The largest absolute Gasteiger partial charge is 0.363 e. The molecular formula is C18H16ClF2N5O. The highest BCUT2D eigenvalue weighted by Crippen LogP contribution is 2.28. The lowest BCUT2D eigenvalue weighted by Crippen LogP contribution is -2.33. The van der Waals surface area contributed by atoms with Crippen molar-refractivity contribution in [2.75, 3.05) is 11.4 Å². The van der Waals surface area contributed by atoms with E-state index >= 15 is 0 Å². The summed E-state index contributed by atoms with van der Waals surface area (Å²) in [7, 11) is 0. The van der Waals surface area contributed by atoms with Gasteiger partial charge in [0.1, 0.15) is 5.02 Å². The van der Waals surface area contributed by atoms with Crippen LogP contribution in [0.3, 0.4) is 0 Å². The molecule has 0 unspecified atom stereocenters. The monoisotopic (exact) mass is 391 g/mol. The Morgan fingerprint density at radius 1 is 1.30 bits per heavy atom. The number of fused-ring (bicyclic) bond motifs is 1. The molecule has 0 saturated heterocycles. The van der Waals surface area contributed by atoms with E-state index in [0.29, 0.717) is 37.3 Å². The van der Waals surface area contributed by atoms with Crippen molar-refractivity contribution in [1.82, 2.24) is 19.7 Å². The maximum Gasteiger partial charge on any atom is 0.285 e. The minimum absolute atomic E-state index is 0.0226. The summed E-state index contributed by atoms with van der Waals surface area (Å²) in [6, 6.07) is 6.50. The summed E-state index contributed by atoms with van der Waals surface area (Å²) in [5.74, 6) is 0. The van der Waals surface area contributed by atoms with Gasteiger partial charge in [-0.1, -0.05) is 35.9 Å². The maximum absolute atomic E-state index is 13.3. The zero-order chi connectivity index (χ0) is 19.0. The van der Waals surface area contributed by atoms with E-state index in [1.807, 2.05) is 9.47 Å². The number of hydrogen-bond donors (Lipinski definition) is 1. The van der Waals surface area contributed by atoms with Crippen LogP contribution in [0.15, 0.2) is 41.6 Å². The number of nitrogens with zero attached hydrogens (tertiary/aromatic N) is 4. The highest BCUT2D eigenvalue weighted by atomic mass is 35.5. The van der Waals surface area contributed by atoms with Crippen molar-refractivity contribution >= 4 is 17.3 Å². The average Bonchev–Trinajstić information content (AvgIpc) is 3.06. The highest BCUT2D eigenvalue weighted by Gasteiger charge is 2.24. The second-order valence-electron chi connectivity index (χ2n) is 6.34. The fourth-order valence-electron chi connectivity index (χ4n) is 3.35. The Kier molecular flexibility index (Phi) is 4.65. The Balaban J connectivity index is 1.65. The molecule has 0 bridgehead atoms. The maximum atomic E-state index is 13.3. The highest BCUT2D eigenvalue weighted by molar-refractivity contribution is 6.32. The lowest BCUT2D eigenvalue weighted by Gasteiger charge is -2.29. The topological polar surface area (TPSA) is 66.8 Å². The van der Waals surface area contributed by atoms with Gasteiger partial charge in [-0.25, -0.2) is 18.9 Å². The number of nitrogens with one attached hydrogen (secondary N) is 1. The number of rotatable bonds is 4. The number of anilines is 1. The van der Waals surface area contributed by atoms with Crippen LogP contribution >= 0.6 is 11.6 Å². The van der Waals surface area contributed by atoms with E-state index in [1.54, 1.807) is 24.5 Å². The van der Waals surface area contributed by atoms with E-state index in [4.69, 9.17) is 11.6 Å². The second kappa shape index (κ2) is 7.11. The van der Waals surface area contributed by atoms with Crippen LogP contribution in [0.25, 0.3) is 0 Å². The van der Waals surface area contributed by atoms with Crippen LogP contribution < -0.4 is 10.5 Å². The molecule has 140 valence electrons. The molecule has 9 heteroatoms. The fraction of sp³-hybridized carbons (Fsp3) is 0.278. The molecule has 6 nitrogen and oxygen atoms in total. The van der Waals surface area contributed by atoms with Gasteiger partial charge in [0.2, 0.25) is 0 Å². The molecule has 4 rings (SSSR count). The molecule has 27 heavy (non-hydrogen) atoms. The van der Waals surface area contributed by atoms with E-state index in [0.717, 1.165) is 11.4 Å². The van der Waals surface area contributed by atoms with Gasteiger partial charge >= 0.3 is 0 Å². The summed E-state index contributed by atoms with van der Waals surface area (Å²) >= 11 is 6.12. The second-order valence-corrected chi connectivity index (χ2v) is 6.71. The van der Waals surface area contributed by atoms with Crippen molar-refractivity contribution in [3.8, 4) is 0 Å². The van der Waals surface area contributed by atoms with Gasteiger partial charge in [0.05, 0.1) is 36.1 Å². The van der Waals surface area contributed by atoms with E-state index < -0.39 is 12.0 Å². The van der Waals surface area contributed by atoms with Gasteiger partial charge < -0.3 is 9.47 Å². The van der Waals surface area contributed by atoms with Gasteiger partial charge in [-0.05, 0) is 5.56 Å². The third-order valence-electron chi connectivity index (χ3n) is 4.74. The lowest BCUT2D eigenvalue weighted by atomic mass is 10.1. The van der Waals surface area contributed by atoms with Gasteiger partial charge in [0.25, 0.3) is 12.0 Å². The van der Waals surface area contributed by atoms with E-state index in [2.05, 4.69) is 15.2 Å². The molecule has 1 aliphatic heterocycles. The molecule has 0 saturated carbocycles. The molecule has 1 aliphatic rings. The van der Waals surface area contributed by atoms with Crippen LogP contribution in [0, 0.1) is 0 Å². The quantitative estimate of drug-likeness (QED) is 0.741. The van der Waals surface area contributed by atoms with Crippen molar-refractivity contribution in [2.45, 2.75) is 25.9 Å². The summed E-state index contributed by atoms with van der Waals surface area (Å²) in [6.45, 7) is 1.41. The number of imidazole rings is 1. The molecule has 0 atom stereocenters. The predicted molar refractivity (Wildman–Crippen MR) is 97.3 cm³/mol. The molecule has 0 aliphatic carbocycles. The number of H-pyrrole nitrogens is 1. The minimum Gasteiger partial charge on any atom is -0.363 e. The van der Waals surface area contributed by atoms with Gasteiger partial charge in [0, 0.05) is 25.1 Å². The summed E-state index contributed by atoms with van der Waals surface area (Å²) in [5, 5.41) is 6.20. The first-order chi connectivity index (χ1) is 13.0. The summed E-state index contributed by atoms with van der Waals surface area (Å²) in [4.78, 5) is 18.1. The SMILES string of the molecule is O=c1[nH]ncc(N2CCc3ncn(Cc4ccccc4C(F)F)c3C2)c1Cl. The molecule has 0 spiro atoms. The van der Waals surface area contributed by atoms with Crippen molar-refractivity contribution in [3.63, 3.8) is 0 Å². The van der Waals surface area contributed by atoms with Crippen LogP contribution in [0.1, 0.15) is 28.9 Å². The summed E-state index contributed by atoms with van der Waals surface area (Å²) < 4.78 is 28.4. The smallest absolute Gasteiger partial charge is 0.285 e. The number of aromatic nitrogens is 4. The van der Waals surface area contributed by atoms with E-state index in [-0.39, 0.29) is 10.6 Å². The number of benzene rings is 1. The zero-order valence-corrected chi connectivity index (χ0v) is 15.0. The fourth-order valence-corrected chi connectivity index (χ4v) is 3.56. The normalized spacial score (nSPS) is 13.9. The molecule has 3 aromatic rings. The lowest BCUT2D eigenvalue weighted by molar-refractivity contribution is 0.150. The molecule has 0 radical (unpaired) electrons. The molecule has 0 amide bonds. The summed E-state index contributed by atoms with van der Waals surface area (Å²) in [5.41, 5.74) is 2.53. The summed E-state index contributed by atoms with van der Waals surface area (Å²) in [6.07, 6.45) is 1.33. The van der Waals surface area contributed by atoms with Gasteiger partial charge in [-0.2, -0.15) is 5.10 Å². The average molecular weight is 392 g/mol. The van der Waals surface area contributed by atoms with Crippen molar-refractivity contribution in [1.29, 1.82) is 0 Å². The number of hydrogen-bond acceptors (Lipinski definition) is 4. The number of aromatic amines is 1. The van der Waals surface area contributed by atoms with E-state index in [1.165, 1.54) is 12.3 Å². The first-order valence-corrected chi connectivity index (χ1v) is 8.79. The number of alkyl halides is 2. The molecule has 1 aromatic carbocycles. The molecule has 1 N–H and O–H groups in total. The Hall–Kier alpha value is -2.74. The molecule has 3 heterocycles. The minimum atomic E-state index is -2.53. The Morgan fingerprint density at radius 3 is 2.93 bits per heavy atom.